The lowest BCUT2D eigenvalue weighted by Crippen LogP contribution is -2.63. The molecule has 8 aliphatic rings. The summed E-state index contributed by atoms with van der Waals surface area (Å²) >= 11 is 0. The molecule has 0 aromatic rings. The van der Waals surface area contributed by atoms with Crippen LogP contribution in [0, 0.1) is 40.4 Å². The second-order valence-electron chi connectivity index (χ2n) is 20.2. The van der Waals surface area contributed by atoms with Crippen molar-refractivity contribution >= 4 is 0 Å². The minimum Gasteiger partial charge on any atom is -0.394 e. The average molecular weight is 887 g/mol. The summed E-state index contributed by atoms with van der Waals surface area (Å²) in [6, 6.07) is 0. The lowest BCUT2D eigenvalue weighted by Gasteiger charge is -2.60. The first-order valence-electron chi connectivity index (χ1n) is 22.6. The summed E-state index contributed by atoms with van der Waals surface area (Å²) in [4.78, 5) is 0. The average Bonchev–Trinajstić information content (AvgIpc) is 3.67. The third-order valence-corrected chi connectivity index (χ3v) is 16.8. The summed E-state index contributed by atoms with van der Waals surface area (Å²) < 4.78 is 42.3. The fourth-order valence-corrected chi connectivity index (χ4v) is 13.2. The lowest BCUT2D eigenvalue weighted by atomic mass is 9.46. The Morgan fingerprint density at radius 3 is 2.27 bits per heavy atom. The zero-order valence-corrected chi connectivity index (χ0v) is 36.0. The Balaban J connectivity index is 0.936. The van der Waals surface area contributed by atoms with Gasteiger partial charge in [0.1, 0.15) is 61.0 Å². The monoisotopic (exact) mass is 886 g/mol. The van der Waals surface area contributed by atoms with Crippen molar-refractivity contribution in [2.45, 2.75) is 189 Å². The van der Waals surface area contributed by atoms with Gasteiger partial charge in [0.2, 0.25) is 0 Å². The molecule has 0 spiro atoms. The molecule has 0 unspecified atom stereocenters. The number of rotatable bonds is 11. The van der Waals surface area contributed by atoms with E-state index in [0.717, 1.165) is 31.3 Å². The van der Waals surface area contributed by atoms with Crippen LogP contribution in [0.2, 0.25) is 0 Å². The van der Waals surface area contributed by atoms with E-state index in [9.17, 15) is 56.2 Å². The largest absolute Gasteiger partial charge is 0.394 e. The van der Waals surface area contributed by atoms with Gasteiger partial charge in [0.15, 0.2) is 24.7 Å². The predicted molar refractivity (Wildman–Crippen MR) is 213 cm³/mol. The normalized spacial score (nSPS) is 55.1. The Labute approximate surface area is 362 Å². The van der Waals surface area contributed by atoms with E-state index in [2.05, 4.69) is 33.4 Å². The minimum absolute atomic E-state index is 0.0472. The zero-order chi connectivity index (χ0) is 44.8. The highest BCUT2D eigenvalue weighted by atomic mass is 16.8. The van der Waals surface area contributed by atoms with Crippen LogP contribution in [0.5, 0.6) is 0 Å². The molecule has 25 atom stereocenters. The van der Waals surface area contributed by atoms with Crippen molar-refractivity contribution in [1.29, 1.82) is 0 Å². The van der Waals surface area contributed by atoms with Crippen molar-refractivity contribution in [1.82, 2.24) is 0 Å². The molecule has 0 amide bonds. The van der Waals surface area contributed by atoms with E-state index in [1.807, 2.05) is 0 Å². The first-order valence-corrected chi connectivity index (χ1v) is 22.6. The van der Waals surface area contributed by atoms with Gasteiger partial charge in [-0.1, -0.05) is 44.6 Å². The topological polar surface area (TPSA) is 287 Å². The van der Waals surface area contributed by atoms with Crippen LogP contribution < -0.4 is 0 Å². The standard InChI is InChI=1S/C44H70O18/c1-18(16-56-39-36(53)35(52)33(50)28(15-45)59-39)8-11-44(55)19(2)30-27(62-44)14-25-23-7-6-21-12-22(46)13-29(43(21,5)24(23)9-10-42(25,30)4)60-41-38(32(49)26(47)17-57-41)61-40-37(54)34(51)31(48)20(3)58-40/h6,19-20,22-41,45-55H,1,7-17H2,2-5H3/t19-,20-,22+,23+,24-,25-,26-,27-,28+,29+,30-,31-,32-,33+,34+,35-,36+,37+,38+,39+,40-,41-,42-,43-,44+/m0/s1. The van der Waals surface area contributed by atoms with Crippen LogP contribution >= 0.6 is 0 Å². The molecule has 4 saturated heterocycles. The summed E-state index contributed by atoms with van der Waals surface area (Å²) in [5, 5.41) is 117. The fraction of sp³-hybridized carbons (Fsp3) is 0.909. The Morgan fingerprint density at radius 2 is 1.55 bits per heavy atom. The van der Waals surface area contributed by atoms with E-state index in [1.54, 1.807) is 0 Å². The highest BCUT2D eigenvalue weighted by Crippen LogP contribution is 2.70. The summed E-state index contributed by atoms with van der Waals surface area (Å²) in [6.07, 6.45) is -13.9. The maximum Gasteiger partial charge on any atom is 0.187 e. The molecule has 8 rings (SSSR count). The van der Waals surface area contributed by atoms with Gasteiger partial charge in [-0.3, -0.25) is 0 Å². The Morgan fingerprint density at radius 1 is 0.839 bits per heavy atom. The molecular formula is C44H70O18. The van der Waals surface area contributed by atoms with Gasteiger partial charge in [0.25, 0.3) is 0 Å². The molecule has 0 bridgehead atoms. The first-order chi connectivity index (χ1) is 29.2. The lowest BCUT2D eigenvalue weighted by molar-refractivity contribution is -0.362. The summed E-state index contributed by atoms with van der Waals surface area (Å²) in [5.74, 6) is -0.883. The molecule has 4 aliphatic carbocycles. The molecule has 11 N–H and O–H groups in total. The molecule has 18 heteroatoms. The van der Waals surface area contributed by atoms with Crippen LogP contribution in [0.3, 0.4) is 0 Å². The van der Waals surface area contributed by atoms with Crippen molar-refractivity contribution in [3.63, 3.8) is 0 Å². The van der Waals surface area contributed by atoms with Gasteiger partial charge in [-0.2, -0.15) is 0 Å². The van der Waals surface area contributed by atoms with E-state index in [4.69, 9.17) is 33.2 Å². The van der Waals surface area contributed by atoms with Crippen molar-refractivity contribution in [2.75, 3.05) is 19.8 Å². The molecule has 7 fully saturated rings. The SMILES string of the molecule is C=C(CC[C@@]1(O)O[C@H]2C[C@H]3[C@@H]4CC=C5C[C@@H](O)C[C@@H](O[C@@H]6OC[C@H](O)[C@H](O)[C@H]6O[C@@H]6O[C@@H](C)[C@H](O)[C@@H](O)[C@H]6O)[C@]5(C)[C@H]4CC[C@]3(C)[C@H]2[C@@H]1C)CO[C@@H]1O[C@H](CO)[C@@H](O)[C@H](O)[C@H]1O. The van der Waals surface area contributed by atoms with Gasteiger partial charge in [-0.25, -0.2) is 0 Å². The van der Waals surface area contributed by atoms with Crippen LogP contribution in [0.1, 0.15) is 79.1 Å². The molecule has 62 heavy (non-hydrogen) atoms. The smallest absolute Gasteiger partial charge is 0.187 e. The molecule has 354 valence electrons. The van der Waals surface area contributed by atoms with Crippen LogP contribution in [0.25, 0.3) is 0 Å². The highest BCUT2D eigenvalue weighted by Gasteiger charge is 2.69. The Kier molecular flexibility index (Phi) is 13.5. The van der Waals surface area contributed by atoms with E-state index >= 15 is 0 Å². The molecule has 4 aliphatic heterocycles. The van der Waals surface area contributed by atoms with Crippen LogP contribution in [0.4, 0.5) is 0 Å². The Bertz CT molecular complexity index is 1630. The maximum atomic E-state index is 12.1. The van der Waals surface area contributed by atoms with E-state index in [-0.39, 0.29) is 67.2 Å². The molecule has 4 heterocycles. The van der Waals surface area contributed by atoms with E-state index < -0.39 is 116 Å². The number of hydrogen-bond donors (Lipinski definition) is 11. The van der Waals surface area contributed by atoms with Gasteiger partial charge in [0.05, 0.1) is 44.2 Å². The van der Waals surface area contributed by atoms with Gasteiger partial charge >= 0.3 is 0 Å². The van der Waals surface area contributed by atoms with Crippen molar-refractivity contribution in [2.24, 2.45) is 40.4 Å². The molecule has 0 radical (unpaired) electrons. The predicted octanol–water partition coefficient (Wildman–Crippen LogP) is -1.30. The summed E-state index contributed by atoms with van der Waals surface area (Å²) in [6.45, 7) is 11.3. The van der Waals surface area contributed by atoms with Crippen molar-refractivity contribution in [3.8, 4) is 0 Å². The van der Waals surface area contributed by atoms with Crippen molar-refractivity contribution < 1.29 is 89.3 Å². The number of aliphatic hydroxyl groups excluding tert-OH is 10. The van der Waals surface area contributed by atoms with Gasteiger partial charge in [0, 0.05) is 24.2 Å². The molecule has 0 aromatic carbocycles. The molecular weight excluding hydrogens is 816 g/mol. The summed E-state index contributed by atoms with van der Waals surface area (Å²) in [5.41, 5.74) is 1.02. The van der Waals surface area contributed by atoms with Crippen LogP contribution in [-0.2, 0) is 33.2 Å². The maximum absolute atomic E-state index is 12.1. The zero-order valence-electron chi connectivity index (χ0n) is 36.0. The van der Waals surface area contributed by atoms with Crippen LogP contribution in [-0.4, -0.2) is 186 Å². The third-order valence-electron chi connectivity index (χ3n) is 16.8. The van der Waals surface area contributed by atoms with Gasteiger partial charge in [-0.05, 0) is 74.5 Å². The molecule has 3 saturated carbocycles. The van der Waals surface area contributed by atoms with Crippen molar-refractivity contribution in [3.05, 3.63) is 23.8 Å². The molecule has 18 nitrogen and oxygen atoms in total. The highest BCUT2D eigenvalue weighted by molar-refractivity contribution is 5.29. The van der Waals surface area contributed by atoms with E-state index in [0.29, 0.717) is 18.4 Å². The van der Waals surface area contributed by atoms with Crippen LogP contribution in [0.15, 0.2) is 23.8 Å². The first kappa shape index (κ1) is 47.3. The second kappa shape index (κ2) is 17.8. The fourth-order valence-electron chi connectivity index (χ4n) is 13.2. The molecule has 0 aromatic heterocycles. The number of ether oxygens (including phenoxy) is 7. The third kappa shape index (κ3) is 7.98. The van der Waals surface area contributed by atoms with E-state index in [1.165, 1.54) is 6.92 Å². The van der Waals surface area contributed by atoms with Gasteiger partial charge < -0.3 is 89.3 Å². The Hall–Kier alpha value is -1.24. The quantitative estimate of drug-likeness (QED) is 0.108. The van der Waals surface area contributed by atoms with Gasteiger partial charge in [-0.15, -0.1) is 0 Å². The number of hydrogen-bond acceptors (Lipinski definition) is 18. The number of fused-ring (bicyclic) bond motifs is 7. The number of allylic oxidation sites excluding steroid dienone is 1. The summed E-state index contributed by atoms with van der Waals surface area (Å²) in [7, 11) is 0. The minimum atomic E-state index is -1.66. The second-order valence-corrected chi connectivity index (χ2v) is 20.2. The number of aliphatic hydroxyl groups is 11.